The number of aryl methyl sites for hydroxylation is 1. The summed E-state index contributed by atoms with van der Waals surface area (Å²) >= 11 is 0. The molecule has 10 aliphatic heterocycles. The molecule has 137 heavy (non-hydrogen) atoms. The van der Waals surface area contributed by atoms with Gasteiger partial charge in [-0.2, -0.15) is 5.10 Å². The van der Waals surface area contributed by atoms with Crippen molar-refractivity contribution in [1.29, 1.82) is 0 Å². The van der Waals surface area contributed by atoms with E-state index in [1.807, 2.05) is 12.4 Å². The van der Waals surface area contributed by atoms with E-state index in [9.17, 15) is 0 Å². The van der Waals surface area contributed by atoms with Gasteiger partial charge in [0, 0.05) is 255 Å². The molecule has 10 aliphatic rings. The molecule has 800 valence electrons. The van der Waals surface area contributed by atoms with Crippen molar-refractivity contribution >= 4 is 0 Å². The van der Waals surface area contributed by atoms with Gasteiger partial charge in [0.15, 0.2) is 0 Å². The summed E-state index contributed by atoms with van der Waals surface area (Å²) in [5.41, 5.74) is 4.06. The minimum absolute atomic E-state index is 0.00346. The zero-order chi connectivity index (χ0) is 102. The Hall–Kier alpha value is -2.71. The van der Waals surface area contributed by atoms with Gasteiger partial charge in [-0.15, -0.1) is 0 Å². The maximum Gasteiger partial charge on any atom is 0.232 e. The lowest BCUT2D eigenvalue weighted by molar-refractivity contribution is -0.124. The van der Waals surface area contributed by atoms with E-state index in [-0.39, 0.29) is 44.9 Å². The summed E-state index contributed by atoms with van der Waals surface area (Å²) in [6, 6.07) is 0. The molecule has 25 heteroatoms. The molecule has 0 spiro atoms. The molecule has 10 fully saturated rings. The van der Waals surface area contributed by atoms with Crippen molar-refractivity contribution in [2.45, 2.75) is 379 Å². The van der Waals surface area contributed by atoms with Gasteiger partial charge in [-0.1, -0.05) is 41.5 Å². The maximum absolute atomic E-state index is 5.99. The highest BCUT2D eigenvalue weighted by molar-refractivity contribution is 5.16. The highest BCUT2D eigenvalue weighted by Crippen LogP contribution is 2.31. The fraction of sp³-hybridized carbons (Fsp3) is 0.938. The zero-order valence-corrected chi connectivity index (χ0v) is 96.4. The maximum atomic E-state index is 5.99. The average molecular weight is 1930 g/mol. The third kappa shape index (κ3) is 50.0. The van der Waals surface area contributed by atoms with Gasteiger partial charge in [-0.3, -0.25) is 48.9 Å². The Morgan fingerprint density at radius 3 is 1.01 bits per heavy atom. The Bertz CT molecular complexity index is 3530. The van der Waals surface area contributed by atoms with E-state index in [1.54, 1.807) is 6.20 Å². The van der Waals surface area contributed by atoms with Gasteiger partial charge in [-0.05, 0) is 334 Å². The summed E-state index contributed by atoms with van der Waals surface area (Å²) < 4.78 is 37.4. The molecule has 2 atom stereocenters. The molecule has 0 saturated carbocycles. The Balaban J connectivity index is 0.000000224. The first kappa shape index (κ1) is 121. The quantitative estimate of drug-likeness (QED) is 0.0760. The Kier molecular flexibility index (Phi) is 48.5. The highest BCUT2D eigenvalue weighted by atomic mass is 16.5. The summed E-state index contributed by atoms with van der Waals surface area (Å²) in [5, 5.41) is 4.50. The number of likely N-dealkylation sites (tertiary alicyclic amines) is 5. The Labute approximate surface area is 844 Å². The molecule has 2 aromatic rings. The van der Waals surface area contributed by atoms with Crippen LogP contribution in [0.3, 0.4) is 0 Å². The van der Waals surface area contributed by atoms with Crippen LogP contribution in [0.1, 0.15) is 305 Å². The third-order valence-corrected chi connectivity index (χ3v) is 28.9. The summed E-state index contributed by atoms with van der Waals surface area (Å²) in [5.74, 6) is 3.25. The molecule has 0 aliphatic carbocycles. The zero-order valence-electron chi connectivity index (χ0n) is 96.4. The first-order valence-corrected chi connectivity index (χ1v) is 55.1. The van der Waals surface area contributed by atoms with Crippen LogP contribution in [0.4, 0.5) is 0 Å². The predicted octanol–water partition coefficient (Wildman–Crippen LogP) is 16.3. The van der Waals surface area contributed by atoms with Gasteiger partial charge in [-0.25, -0.2) is 4.98 Å². The van der Waals surface area contributed by atoms with Crippen LogP contribution in [0.2, 0.25) is 0 Å². The lowest BCUT2D eigenvalue weighted by Gasteiger charge is -2.49. The molecular weight excluding hydrogens is 1710 g/mol. The molecule has 2 aromatic heterocycles. The van der Waals surface area contributed by atoms with Crippen molar-refractivity contribution in [3.8, 4) is 5.88 Å². The van der Waals surface area contributed by atoms with Gasteiger partial charge in [0.1, 0.15) is 6.10 Å². The number of aromatic nitrogens is 4. The van der Waals surface area contributed by atoms with Crippen LogP contribution in [0.15, 0.2) is 24.8 Å². The normalized spacial score (nSPS) is 22.7. The SMILES string of the molecule is CC(C)(C)OC1CN(CCCN2CCN(C(C)(C)C)CC2)C1.CC(C)(C)OCCN1CCC(CN2CCN(C(C)(C)C)CC2)CC1.CC(C)(C)OCCN1CCCN(CC2CN(C(C)(C)C)C2)CC1.CC(C)(C)OCCN1CC[C@@H](Oc2cnc(C(C)(C)C)cn2)C1.CC(C)(C)OCCN1CC[C@H](CN2CCN(C(C)(C)C)CC2)C1.CC(C)(C)c1cnn(CCCN2CCN(C(C)(C)C)CC2)c1. The smallest absolute Gasteiger partial charge is 0.232 e. The summed E-state index contributed by atoms with van der Waals surface area (Å²) in [4.78, 5) is 47.9. The van der Waals surface area contributed by atoms with Crippen LogP contribution in [0, 0.1) is 17.8 Å². The number of piperazine rings is 4. The summed E-state index contributed by atoms with van der Waals surface area (Å²) in [6.45, 7) is 132. The van der Waals surface area contributed by atoms with Crippen LogP contribution >= 0.6 is 0 Å². The second-order valence-electron chi connectivity index (χ2n) is 54.3. The average Bonchev–Trinajstić information content (AvgIpc) is 1.29. The fourth-order valence-corrected chi connectivity index (χ4v) is 20.0. The van der Waals surface area contributed by atoms with E-state index in [0.717, 1.165) is 115 Å². The highest BCUT2D eigenvalue weighted by Gasteiger charge is 2.39. The molecule has 12 heterocycles. The first-order valence-electron chi connectivity index (χ1n) is 55.1. The fourth-order valence-electron chi connectivity index (χ4n) is 20.0. The van der Waals surface area contributed by atoms with Crippen LogP contribution in [-0.2, 0) is 41.1 Å². The van der Waals surface area contributed by atoms with Gasteiger partial charge >= 0.3 is 0 Å². The lowest BCUT2D eigenvalue weighted by Crippen LogP contribution is -2.58. The second-order valence-corrected chi connectivity index (χ2v) is 54.3. The lowest BCUT2D eigenvalue weighted by atomic mass is 9.90. The molecule has 0 N–H and O–H groups in total. The molecule has 25 nitrogen and oxygen atoms in total. The van der Waals surface area contributed by atoms with Crippen molar-refractivity contribution < 1.29 is 28.4 Å². The minimum Gasteiger partial charge on any atom is -0.472 e. The number of rotatable bonds is 29. The van der Waals surface area contributed by atoms with Gasteiger partial charge in [0.05, 0.1) is 84.8 Å². The van der Waals surface area contributed by atoms with Crippen molar-refractivity contribution in [2.75, 3.05) is 288 Å². The summed E-state index contributed by atoms with van der Waals surface area (Å²) in [6.07, 6.45) is 17.3. The van der Waals surface area contributed by atoms with Gasteiger partial charge in [0.25, 0.3) is 0 Å². The minimum atomic E-state index is -0.0694. The van der Waals surface area contributed by atoms with Crippen molar-refractivity contribution in [1.82, 2.24) is 93.2 Å². The first-order chi connectivity index (χ1) is 63.3. The van der Waals surface area contributed by atoms with E-state index in [4.69, 9.17) is 28.4 Å². The molecule has 10 saturated heterocycles. The molecule has 0 radical (unpaired) electrons. The van der Waals surface area contributed by atoms with E-state index in [2.05, 4.69) is 349 Å². The second kappa shape index (κ2) is 54.8. The Morgan fingerprint density at radius 2 is 0.606 bits per heavy atom. The topological polar surface area (TPSA) is 148 Å². The number of ether oxygens (including phenoxy) is 6. The van der Waals surface area contributed by atoms with Crippen LogP contribution in [-0.4, -0.2) is 449 Å². The van der Waals surface area contributed by atoms with Crippen LogP contribution < -0.4 is 4.74 Å². The molecule has 0 unspecified atom stereocenters. The number of nitrogens with zero attached hydrogens (tertiary/aromatic N) is 19. The number of hydrogen-bond donors (Lipinski definition) is 0. The Morgan fingerprint density at radius 1 is 0.270 bits per heavy atom. The van der Waals surface area contributed by atoms with Crippen LogP contribution in [0.25, 0.3) is 0 Å². The van der Waals surface area contributed by atoms with Gasteiger partial charge < -0.3 is 62.7 Å². The predicted molar refractivity (Wildman–Crippen MR) is 577 cm³/mol. The van der Waals surface area contributed by atoms with Crippen molar-refractivity contribution in [3.05, 3.63) is 36.0 Å². The molecule has 0 bridgehead atoms. The van der Waals surface area contributed by atoms with E-state index in [1.165, 1.54) is 254 Å². The molecule has 0 aromatic carbocycles. The summed E-state index contributed by atoms with van der Waals surface area (Å²) in [7, 11) is 0. The molecule has 12 rings (SSSR count). The number of piperidine rings is 1. The standard InChI is InChI=1S/C20H41N3O.2C19H39N3O.C18H34N4.C18H31N3O2.C18H37N3O/c1-19(2,3)23-13-11-22(12-14-23)17-18-7-9-21(10-8-18)15-16-24-20(4,5)6;1-18(2,3)22-11-9-21(10-12-22)16-17-7-8-20(15-17)13-14-23-19(4,5)6;1-18(2,3)22-15-17(16-22)14-21-9-7-8-20(10-11-21)12-13-23-19(4,5)6;1-17(2,3)16-14-19-22(15-16)9-7-8-20-10-12-21(13-11-20)18(4,5)6;1-17(2,3)15-11-20-16(12-19-15)23-14-7-8-21(13-14)9-10-22-18(4,5)6;1-17(2,3)21-12-10-19(11-13-21)8-7-9-20-14-16(15-20)22-18(4,5)6/h18H,7-17H2,1-6H3;2*17H,7-16H2,1-6H3;14-15H,7-13H2,1-6H3;11-12,14H,7-10,13H2,1-6H3;16H,7-15H2,1-6H3/t;17-;;;14-;/m.0..1./s1. The molecule has 0 amide bonds. The number of hydrogen-bond acceptors (Lipinski definition) is 24. The monoisotopic (exact) mass is 1930 g/mol. The molecular formula is C112H221N19O6. The van der Waals surface area contributed by atoms with E-state index >= 15 is 0 Å². The van der Waals surface area contributed by atoms with Crippen molar-refractivity contribution in [2.24, 2.45) is 17.8 Å². The van der Waals surface area contributed by atoms with Gasteiger partial charge in [0.2, 0.25) is 5.88 Å². The van der Waals surface area contributed by atoms with E-state index in [0.29, 0.717) is 39.7 Å². The van der Waals surface area contributed by atoms with Crippen molar-refractivity contribution in [3.63, 3.8) is 0 Å². The third-order valence-electron chi connectivity index (χ3n) is 28.9. The van der Waals surface area contributed by atoms with E-state index < -0.39 is 0 Å². The largest absolute Gasteiger partial charge is 0.472 e. The van der Waals surface area contributed by atoms with Crippen LogP contribution in [0.5, 0.6) is 5.88 Å².